The summed E-state index contributed by atoms with van der Waals surface area (Å²) in [4.78, 5) is 17.4. The number of H-pyrrole nitrogens is 1. The minimum Gasteiger partial charge on any atom is -0.292 e. The molecule has 2 heterocycles. The molecule has 0 aliphatic heterocycles. The molecule has 2 aromatic rings. The fraction of sp³-hybridized carbons (Fsp3) is 0.364. The van der Waals surface area contributed by atoms with Crippen LogP contribution in [0.25, 0.3) is 0 Å². The van der Waals surface area contributed by atoms with Crippen molar-refractivity contribution in [1.29, 1.82) is 0 Å². The van der Waals surface area contributed by atoms with Gasteiger partial charge >= 0.3 is 6.03 Å². The van der Waals surface area contributed by atoms with Gasteiger partial charge in [0.25, 0.3) is 0 Å². The molecule has 7 heteroatoms. The first-order chi connectivity index (χ1) is 8.81. The van der Waals surface area contributed by atoms with Gasteiger partial charge in [-0.3, -0.25) is 15.7 Å². The van der Waals surface area contributed by atoms with Gasteiger partial charge in [-0.15, -0.1) is 11.3 Å². The van der Waals surface area contributed by atoms with E-state index < -0.39 is 0 Å². The summed E-state index contributed by atoms with van der Waals surface area (Å²) >= 11 is 1.57. The first-order valence-corrected chi connectivity index (χ1v) is 6.69. The van der Waals surface area contributed by atoms with Crippen molar-refractivity contribution in [2.24, 2.45) is 0 Å². The predicted octanol–water partition coefficient (Wildman–Crippen LogP) is 2.39. The van der Waals surface area contributed by atoms with Crippen molar-refractivity contribution in [3.8, 4) is 0 Å². The third-order valence-electron chi connectivity index (χ3n) is 2.82. The highest BCUT2D eigenvalue weighted by atomic mass is 32.1. The normalized spacial score (nSPS) is 14.0. The lowest BCUT2D eigenvalue weighted by Gasteiger charge is -2.06. The van der Waals surface area contributed by atoms with Crippen molar-refractivity contribution in [3.63, 3.8) is 0 Å². The molecule has 0 spiro atoms. The third-order valence-corrected chi connectivity index (χ3v) is 3.89. The van der Waals surface area contributed by atoms with Gasteiger partial charge in [-0.1, -0.05) is 0 Å². The van der Waals surface area contributed by atoms with Crippen molar-refractivity contribution in [3.05, 3.63) is 22.8 Å². The number of anilines is 2. The number of thiazole rings is 1. The maximum atomic E-state index is 11.7. The number of carbonyl (C=O) groups is 1. The molecule has 0 radical (unpaired) electrons. The van der Waals surface area contributed by atoms with Crippen LogP contribution in [0.1, 0.15) is 23.4 Å². The minimum absolute atomic E-state index is 0.301. The number of nitrogens with one attached hydrogen (secondary N) is 3. The lowest BCUT2D eigenvalue weighted by molar-refractivity contribution is 0.262. The van der Waals surface area contributed by atoms with Crippen LogP contribution in [-0.2, 0) is 12.8 Å². The topological polar surface area (TPSA) is 82.7 Å². The number of rotatable bonds is 2. The van der Waals surface area contributed by atoms with E-state index in [4.69, 9.17) is 0 Å². The Hall–Kier alpha value is -1.89. The number of aryl methyl sites for hydroxylation is 2. The van der Waals surface area contributed by atoms with Gasteiger partial charge in [0.1, 0.15) is 5.82 Å². The van der Waals surface area contributed by atoms with E-state index in [2.05, 4.69) is 25.8 Å². The van der Waals surface area contributed by atoms with Crippen LogP contribution >= 0.6 is 11.3 Å². The molecule has 3 N–H and O–H groups in total. The molecular formula is C11H13N5OS. The minimum atomic E-state index is -0.301. The second-order valence-electron chi connectivity index (χ2n) is 4.15. The predicted molar refractivity (Wildman–Crippen MR) is 70.0 cm³/mol. The molecule has 0 atom stereocenters. The fourth-order valence-corrected chi connectivity index (χ4v) is 3.03. The molecule has 18 heavy (non-hydrogen) atoms. The van der Waals surface area contributed by atoms with Crippen LogP contribution in [0, 0.1) is 0 Å². The quantitative estimate of drug-likeness (QED) is 0.778. The molecule has 0 saturated heterocycles. The number of hydrogen-bond donors (Lipinski definition) is 3. The maximum absolute atomic E-state index is 11.7. The molecule has 0 unspecified atom stereocenters. The van der Waals surface area contributed by atoms with E-state index in [0.29, 0.717) is 10.9 Å². The van der Waals surface area contributed by atoms with Gasteiger partial charge in [0, 0.05) is 10.9 Å². The van der Waals surface area contributed by atoms with Gasteiger partial charge in [-0.25, -0.2) is 9.78 Å². The SMILES string of the molecule is O=C(Nc1ccn[nH]1)Nc1nc2c(s1)CCCC2. The van der Waals surface area contributed by atoms with E-state index in [0.717, 1.165) is 18.5 Å². The lowest BCUT2D eigenvalue weighted by Crippen LogP contribution is -2.19. The van der Waals surface area contributed by atoms with Gasteiger partial charge in [-0.05, 0) is 25.7 Å². The molecule has 94 valence electrons. The second-order valence-corrected chi connectivity index (χ2v) is 5.23. The van der Waals surface area contributed by atoms with Crippen LogP contribution in [0.15, 0.2) is 12.3 Å². The molecule has 0 fully saturated rings. The molecule has 3 rings (SSSR count). The summed E-state index contributed by atoms with van der Waals surface area (Å²) in [6, 6.07) is 1.39. The summed E-state index contributed by atoms with van der Waals surface area (Å²) in [6.45, 7) is 0. The molecule has 0 saturated carbocycles. The third kappa shape index (κ3) is 2.35. The van der Waals surface area contributed by atoms with E-state index in [1.807, 2.05) is 0 Å². The Morgan fingerprint density at radius 3 is 3.00 bits per heavy atom. The van der Waals surface area contributed by atoms with E-state index in [9.17, 15) is 4.79 Å². The number of carbonyl (C=O) groups excluding carboxylic acids is 1. The highest BCUT2D eigenvalue weighted by Crippen LogP contribution is 2.29. The Morgan fingerprint density at radius 2 is 2.22 bits per heavy atom. The Bertz CT molecular complexity index is 524. The number of aromatic amines is 1. The zero-order valence-electron chi connectivity index (χ0n) is 9.69. The smallest absolute Gasteiger partial charge is 0.292 e. The Morgan fingerprint density at radius 1 is 1.33 bits per heavy atom. The molecule has 0 aromatic carbocycles. The number of aromatic nitrogens is 3. The fourth-order valence-electron chi connectivity index (χ4n) is 1.98. The van der Waals surface area contributed by atoms with E-state index in [1.165, 1.54) is 17.7 Å². The summed E-state index contributed by atoms with van der Waals surface area (Å²) in [7, 11) is 0. The molecule has 2 amide bonds. The maximum Gasteiger partial charge on any atom is 0.326 e. The van der Waals surface area contributed by atoms with Crippen molar-refractivity contribution in [2.45, 2.75) is 25.7 Å². The van der Waals surface area contributed by atoms with Crippen molar-refractivity contribution < 1.29 is 4.79 Å². The van der Waals surface area contributed by atoms with Gasteiger partial charge in [0.05, 0.1) is 11.9 Å². The van der Waals surface area contributed by atoms with Crippen molar-refractivity contribution in [2.75, 3.05) is 10.6 Å². The Kier molecular flexibility index (Phi) is 2.97. The summed E-state index contributed by atoms with van der Waals surface area (Å²) < 4.78 is 0. The average Bonchev–Trinajstić information content (AvgIpc) is 2.96. The molecule has 0 bridgehead atoms. The van der Waals surface area contributed by atoms with Crippen LogP contribution in [0.2, 0.25) is 0 Å². The van der Waals surface area contributed by atoms with Crippen LogP contribution in [-0.4, -0.2) is 21.2 Å². The van der Waals surface area contributed by atoms with Gasteiger partial charge in [0.2, 0.25) is 0 Å². The highest BCUT2D eigenvalue weighted by Gasteiger charge is 2.16. The van der Waals surface area contributed by atoms with Crippen LogP contribution in [0.3, 0.4) is 0 Å². The van der Waals surface area contributed by atoms with Crippen LogP contribution in [0.5, 0.6) is 0 Å². The molecule has 1 aliphatic rings. The van der Waals surface area contributed by atoms with Crippen LogP contribution in [0.4, 0.5) is 15.7 Å². The number of hydrogen-bond acceptors (Lipinski definition) is 4. The number of nitrogens with zero attached hydrogens (tertiary/aromatic N) is 2. The Balaban J connectivity index is 1.65. The summed E-state index contributed by atoms with van der Waals surface area (Å²) in [5.74, 6) is 0.564. The van der Waals surface area contributed by atoms with Crippen LogP contribution < -0.4 is 10.6 Å². The van der Waals surface area contributed by atoms with Crippen molar-refractivity contribution >= 4 is 28.3 Å². The first kappa shape index (κ1) is 11.2. The summed E-state index contributed by atoms with van der Waals surface area (Å²) in [5.41, 5.74) is 1.14. The molecular weight excluding hydrogens is 250 g/mol. The largest absolute Gasteiger partial charge is 0.326 e. The zero-order valence-corrected chi connectivity index (χ0v) is 10.5. The standard InChI is InChI=1S/C11H13N5OS/c17-10(14-9-5-6-12-16-9)15-11-13-7-3-1-2-4-8(7)18-11/h5-6H,1-4H2,(H3,12,13,14,15,16,17). The average molecular weight is 263 g/mol. The lowest BCUT2D eigenvalue weighted by atomic mass is 10.0. The van der Waals surface area contributed by atoms with E-state index >= 15 is 0 Å². The highest BCUT2D eigenvalue weighted by molar-refractivity contribution is 7.15. The zero-order chi connectivity index (χ0) is 12.4. The number of fused-ring (bicyclic) bond motifs is 1. The first-order valence-electron chi connectivity index (χ1n) is 5.87. The molecule has 2 aromatic heterocycles. The monoisotopic (exact) mass is 263 g/mol. The van der Waals surface area contributed by atoms with Gasteiger partial charge in [-0.2, -0.15) is 5.10 Å². The summed E-state index contributed by atoms with van der Waals surface area (Å²) in [5, 5.41) is 12.5. The molecule has 1 aliphatic carbocycles. The van der Waals surface area contributed by atoms with E-state index in [1.54, 1.807) is 23.6 Å². The van der Waals surface area contributed by atoms with Crippen molar-refractivity contribution in [1.82, 2.24) is 15.2 Å². The van der Waals surface area contributed by atoms with E-state index in [-0.39, 0.29) is 6.03 Å². The van der Waals surface area contributed by atoms with Gasteiger partial charge < -0.3 is 0 Å². The Labute approximate surface area is 108 Å². The number of amides is 2. The summed E-state index contributed by atoms with van der Waals surface area (Å²) in [6.07, 6.45) is 6.09. The van der Waals surface area contributed by atoms with Gasteiger partial charge in [0.15, 0.2) is 5.13 Å². The number of urea groups is 1. The molecule has 6 nitrogen and oxygen atoms in total. The second kappa shape index (κ2) is 4.77.